The van der Waals surface area contributed by atoms with Crippen molar-refractivity contribution in [2.24, 2.45) is 0 Å². The van der Waals surface area contributed by atoms with Gasteiger partial charge in [-0.1, -0.05) is 24.3 Å². The number of benzene rings is 2. The summed E-state index contributed by atoms with van der Waals surface area (Å²) in [6.07, 6.45) is 2.28. The number of ether oxygens (including phenoxy) is 2. The molecule has 0 bridgehead atoms. The third-order valence-corrected chi connectivity index (χ3v) is 4.94. The minimum atomic E-state index is -0.435. The summed E-state index contributed by atoms with van der Waals surface area (Å²) in [5.41, 5.74) is 1.92. The van der Waals surface area contributed by atoms with E-state index in [0.29, 0.717) is 23.3 Å². The second-order valence-corrected chi connectivity index (χ2v) is 8.88. The minimum Gasteiger partial charge on any atom is -0.489 e. The van der Waals surface area contributed by atoms with Gasteiger partial charge in [0.15, 0.2) is 0 Å². The molecule has 162 valence electrons. The Hall–Kier alpha value is -2.18. The standard InChI is InChI=1S/C24H33BFNO3/c1-17-19(13-28)7-6-8-22(17)29-14-20-10-9-18(11-21(20)26)12-23(2,3)30-24(4,5)15-27-16-25/h6-11,13,27H,12,14-16,25H2,1-5H3. The van der Waals surface area contributed by atoms with E-state index in [9.17, 15) is 9.18 Å². The van der Waals surface area contributed by atoms with Crippen molar-refractivity contribution in [3.63, 3.8) is 0 Å². The first-order valence-corrected chi connectivity index (χ1v) is 10.4. The van der Waals surface area contributed by atoms with Crippen molar-refractivity contribution < 1.29 is 18.7 Å². The van der Waals surface area contributed by atoms with Gasteiger partial charge < -0.3 is 14.8 Å². The van der Waals surface area contributed by atoms with Gasteiger partial charge in [0.25, 0.3) is 0 Å². The third kappa shape index (κ3) is 6.96. The Morgan fingerprint density at radius 2 is 1.87 bits per heavy atom. The number of hydrogen-bond donors (Lipinski definition) is 1. The molecule has 1 N–H and O–H groups in total. The lowest BCUT2D eigenvalue weighted by atomic mass is 9.95. The zero-order valence-corrected chi connectivity index (χ0v) is 19.0. The zero-order valence-electron chi connectivity index (χ0n) is 19.0. The molecule has 0 heterocycles. The average Bonchev–Trinajstić information content (AvgIpc) is 2.65. The van der Waals surface area contributed by atoms with E-state index < -0.39 is 5.60 Å². The molecule has 30 heavy (non-hydrogen) atoms. The topological polar surface area (TPSA) is 47.6 Å². The quantitative estimate of drug-likeness (QED) is 0.450. The van der Waals surface area contributed by atoms with E-state index in [2.05, 4.69) is 27.0 Å². The molecule has 0 radical (unpaired) electrons. The molecule has 0 saturated heterocycles. The molecule has 0 saturated carbocycles. The van der Waals surface area contributed by atoms with Gasteiger partial charge in [-0.05, 0) is 58.8 Å². The van der Waals surface area contributed by atoms with E-state index in [1.54, 1.807) is 30.3 Å². The summed E-state index contributed by atoms with van der Waals surface area (Å²) >= 11 is 0. The molecular weight excluding hydrogens is 380 g/mol. The van der Waals surface area contributed by atoms with E-state index in [-0.39, 0.29) is 18.0 Å². The number of carbonyl (C=O) groups is 1. The van der Waals surface area contributed by atoms with Crippen LogP contribution in [0.25, 0.3) is 0 Å². The summed E-state index contributed by atoms with van der Waals surface area (Å²) in [5.74, 6) is 0.278. The Morgan fingerprint density at radius 3 is 2.50 bits per heavy atom. The third-order valence-electron chi connectivity index (χ3n) is 4.94. The lowest BCUT2D eigenvalue weighted by molar-refractivity contribution is -0.119. The van der Waals surface area contributed by atoms with Crippen LogP contribution in [0.3, 0.4) is 0 Å². The van der Waals surface area contributed by atoms with E-state index in [1.165, 1.54) is 0 Å². The monoisotopic (exact) mass is 413 g/mol. The van der Waals surface area contributed by atoms with E-state index in [1.807, 2.05) is 26.8 Å². The molecule has 0 aromatic heterocycles. The number of rotatable bonds is 11. The van der Waals surface area contributed by atoms with Crippen LogP contribution in [0, 0.1) is 12.7 Å². The van der Waals surface area contributed by atoms with Crippen molar-refractivity contribution in [3.05, 3.63) is 64.5 Å². The SMILES string of the molecule is BCNCC(C)(C)OC(C)(C)Cc1ccc(COc2cccc(C=O)c2C)c(F)c1. The zero-order chi connectivity index (χ0) is 22.4. The molecule has 2 aromatic carbocycles. The molecule has 6 heteroatoms. The summed E-state index contributed by atoms with van der Waals surface area (Å²) in [6.45, 7) is 10.8. The van der Waals surface area contributed by atoms with Gasteiger partial charge in [0, 0.05) is 29.7 Å². The number of carbonyl (C=O) groups excluding carboxylic acids is 1. The predicted octanol–water partition coefficient (Wildman–Crippen LogP) is 3.82. The summed E-state index contributed by atoms with van der Waals surface area (Å²) < 4.78 is 26.8. The highest BCUT2D eigenvalue weighted by molar-refractivity contribution is 6.08. The molecule has 0 fully saturated rings. The molecule has 0 amide bonds. The predicted molar refractivity (Wildman–Crippen MR) is 122 cm³/mol. The molecule has 0 spiro atoms. The minimum absolute atomic E-state index is 0.102. The Balaban J connectivity index is 2.03. The number of nitrogens with one attached hydrogen (secondary N) is 1. The summed E-state index contributed by atoms with van der Waals surface area (Å²) in [6, 6.07) is 10.5. The van der Waals surface area contributed by atoms with Crippen LogP contribution in [-0.2, 0) is 17.8 Å². The van der Waals surface area contributed by atoms with Gasteiger partial charge >= 0.3 is 0 Å². The van der Waals surface area contributed by atoms with Crippen LogP contribution < -0.4 is 10.1 Å². The maximum atomic E-state index is 14.7. The molecule has 0 unspecified atom stereocenters. The molecule has 0 aliphatic heterocycles. The largest absolute Gasteiger partial charge is 0.489 e. The van der Waals surface area contributed by atoms with Crippen molar-refractivity contribution in [3.8, 4) is 5.75 Å². The number of halogens is 1. The Morgan fingerprint density at radius 1 is 1.13 bits per heavy atom. The summed E-state index contributed by atoms with van der Waals surface area (Å²) in [5, 5.41) is 3.31. The average molecular weight is 413 g/mol. The van der Waals surface area contributed by atoms with Crippen LogP contribution in [0.15, 0.2) is 36.4 Å². The van der Waals surface area contributed by atoms with Crippen LogP contribution in [-0.4, -0.2) is 38.3 Å². The highest BCUT2D eigenvalue weighted by Gasteiger charge is 2.29. The van der Waals surface area contributed by atoms with E-state index in [4.69, 9.17) is 9.47 Å². The van der Waals surface area contributed by atoms with Crippen molar-refractivity contribution in [2.45, 2.75) is 58.8 Å². The molecule has 0 aliphatic rings. The Labute approximate surface area is 180 Å². The molecule has 4 nitrogen and oxygen atoms in total. The van der Waals surface area contributed by atoms with Gasteiger partial charge in [-0.15, -0.1) is 0 Å². The number of aldehydes is 1. The van der Waals surface area contributed by atoms with E-state index in [0.717, 1.165) is 30.4 Å². The van der Waals surface area contributed by atoms with Crippen LogP contribution in [0.2, 0.25) is 0 Å². The van der Waals surface area contributed by atoms with Gasteiger partial charge in [0.1, 0.15) is 32.3 Å². The van der Waals surface area contributed by atoms with Crippen molar-refractivity contribution in [2.75, 3.05) is 13.0 Å². The summed E-state index contributed by atoms with van der Waals surface area (Å²) in [7, 11) is 2.07. The highest BCUT2D eigenvalue weighted by atomic mass is 19.1. The van der Waals surface area contributed by atoms with Gasteiger partial charge in [0.2, 0.25) is 0 Å². The maximum Gasteiger partial charge on any atom is 0.150 e. The second-order valence-electron chi connectivity index (χ2n) is 8.88. The van der Waals surface area contributed by atoms with Crippen molar-refractivity contribution in [1.82, 2.24) is 5.32 Å². The van der Waals surface area contributed by atoms with Gasteiger partial charge in [0.05, 0.1) is 11.2 Å². The Bertz CT molecular complexity index is 868. The van der Waals surface area contributed by atoms with Crippen LogP contribution in [0.5, 0.6) is 5.75 Å². The second kappa shape index (κ2) is 10.2. The van der Waals surface area contributed by atoms with Gasteiger partial charge in [-0.25, -0.2) is 4.39 Å². The molecule has 0 atom stereocenters. The van der Waals surface area contributed by atoms with Crippen LogP contribution >= 0.6 is 0 Å². The molecule has 0 aliphatic carbocycles. The molecule has 2 rings (SSSR count). The lowest BCUT2D eigenvalue weighted by Gasteiger charge is -2.36. The van der Waals surface area contributed by atoms with E-state index >= 15 is 0 Å². The maximum absolute atomic E-state index is 14.7. The smallest absolute Gasteiger partial charge is 0.150 e. The fraction of sp³-hybridized carbons (Fsp3) is 0.458. The van der Waals surface area contributed by atoms with Crippen LogP contribution in [0.1, 0.15) is 54.7 Å². The summed E-state index contributed by atoms with van der Waals surface area (Å²) in [4.78, 5) is 11.1. The first kappa shape index (κ1) is 24.1. The normalized spacial score (nSPS) is 12.1. The molecule has 2 aromatic rings. The van der Waals surface area contributed by atoms with Crippen LogP contribution in [0.4, 0.5) is 4.39 Å². The first-order valence-electron chi connectivity index (χ1n) is 10.4. The first-order chi connectivity index (χ1) is 14.1. The lowest BCUT2D eigenvalue weighted by Crippen LogP contribution is -2.45. The van der Waals surface area contributed by atoms with Crippen molar-refractivity contribution >= 4 is 14.1 Å². The molecular formula is C24H33BFNO3. The van der Waals surface area contributed by atoms with Gasteiger partial charge in [-0.2, -0.15) is 0 Å². The van der Waals surface area contributed by atoms with Gasteiger partial charge in [-0.3, -0.25) is 4.79 Å². The van der Waals surface area contributed by atoms with Crippen molar-refractivity contribution in [1.29, 1.82) is 0 Å². The number of hydrogen-bond acceptors (Lipinski definition) is 4. The highest BCUT2D eigenvalue weighted by Crippen LogP contribution is 2.26. The Kier molecular flexibility index (Phi) is 8.21. The fourth-order valence-corrected chi connectivity index (χ4v) is 3.63. The fourth-order valence-electron chi connectivity index (χ4n) is 3.63.